The maximum absolute atomic E-state index is 13.4. The Kier molecular flexibility index (Phi) is 17.5. The van der Waals surface area contributed by atoms with E-state index in [1.165, 1.54) is 37.2 Å². The smallest absolute Gasteiger partial charge is 0.335 e. The number of aliphatic hydroxyl groups is 3. The van der Waals surface area contributed by atoms with Crippen LogP contribution in [0.15, 0.2) is 46.7 Å². The van der Waals surface area contributed by atoms with E-state index in [2.05, 4.69) is 43.4 Å². The number of nitrogens with one attached hydrogen (secondary N) is 1. The second-order valence-electron chi connectivity index (χ2n) is 14.4. The predicted octanol–water partition coefficient (Wildman–Crippen LogP) is 3.79. The van der Waals surface area contributed by atoms with Gasteiger partial charge >= 0.3 is 5.97 Å². The first-order chi connectivity index (χ1) is 24.2. The van der Waals surface area contributed by atoms with E-state index in [-0.39, 0.29) is 31.1 Å². The summed E-state index contributed by atoms with van der Waals surface area (Å²) in [6.45, 7) is 16.0. The van der Waals surface area contributed by atoms with Gasteiger partial charge < -0.3 is 49.5 Å². The van der Waals surface area contributed by atoms with E-state index in [1.807, 2.05) is 34.6 Å². The van der Waals surface area contributed by atoms with Gasteiger partial charge in [-0.3, -0.25) is 9.59 Å². The maximum atomic E-state index is 13.4. The van der Waals surface area contributed by atoms with Gasteiger partial charge in [0, 0.05) is 6.54 Å². The van der Waals surface area contributed by atoms with Crippen LogP contribution in [-0.2, 0) is 30.4 Å². The second kappa shape index (κ2) is 20.5. The number of aliphatic hydroxyl groups excluding tert-OH is 3. The molecule has 0 unspecified atom stereocenters. The lowest BCUT2D eigenvalue weighted by Crippen LogP contribution is -2.61. The van der Waals surface area contributed by atoms with Crippen LogP contribution in [0.25, 0.3) is 0 Å². The second-order valence-corrected chi connectivity index (χ2v) is 14.4. The molecule has 1 aromatic carbocycles. The van der Waals surface area contributed by atoms with Crippen LogP contribution >= 0.6 is 0 Å². The Bertz CT molecular complexity index is 1460. The number of hydrogen-bond donors (Lipinski definition) is 5. The first-order valence-corrected chi connectivity index (χ1v) is 17.5. The van der Waals surface area contributed by atoms with Gasteiger partial charge in [0.1, 0.15) is 30.7 Å². The number of carbonyl (C=O) groups excluding carboxylic acids is 2. The third-order valence-corrected chi connectivity index (χ3v) is 8.46. The summed E-state index contributed by atoms with van der Waals surface area (Å²) in [6.07, 6.45) is -0.693. The average Bonchev–Trinajstić information content (AvgIpc) is 3.08. The number of amides is 1. The number of allylic oxidation sites excluding steroid dienone is 4. The van der Waals surface area contributed by atoms with Crippen molar-refractivity contribution in [2.75, 3.05) is 13.2 Å². The molecule has 1 aromatic rings. The number of carbonyl (C=O) groups is 3. The van der Waals surface area contributed by atoms with Gasteiger partial charge in [-0.2, -0.15) is 0 Å². The summed E-state index contributed by atoms with van der Waals surface area (Å²) in [6, 6.07) is 4.28. The lowest BCUT2D eigenvalue weighted by Gasteiger charge is -2.38. The van der Waals surface area contributed by atoms with Crippen molar-refractivity contribution in [1.82, 2.24) is 5.32 Å². The number of hydrogen-bond acceptors (Lipinski definition) is 12. The summed E-state index contributed by atoms with van der Waals surface area (Å²) in [5, 5.41) is 47.2. The summed E-state index contributed by atoms with van der Waals surface area (Å²) in [7, 11) is 1.24. The normalized spacial score (nSPS) is 21.8. The minimum Gasteiger partial charge on any atom is -0.479 e. The standard InChI is InChI=1S/C37H57BN2O12/c1-9-22(2)11-10-12-23(3)13-14-24(4)40-52-37(7,8)21-49-36(5,6)17-18-39-32(44)26-19-25(20-48-35(38)47)15-16-27(26)50-34-30(43)28(41)29(42)31(51-34)33(45)46/h9,12,15-16,19,28-31,34,41-43H,10-11,13-14,17-18,20-21,38H2,1-8H3,(H,39,44)(H,45,46)/b22-9+,23-12+,40-24+/t28-,29-,30+,31-,34+/m0/s1. The third-order valence-electron chi connectivity index (χ3n) is 8.46. The molecule has 0 aromatic heterocycles. The van der Waals surface area contributed by atoms with Crippen LogP contribution in [0.5, 0.6) is 5.75 Å². The highest BCUT2D eigenvalue weighted by Gasteiger charge is 2.48. The number of nitrogens with zero attached hydrogens (tertiary/aromatic N) is 1. The van der Waals surface area contributed by atoms with Crippen molar-refractivity contribution in [2.45, 2.75) is 136 Å². The highest BCUT2D eigenvalue weighted by molar-refractivity contribution is 6.55. The Morgan fingerprint density at radius 1 is 0.981 bits per heavy atom. The lowest BCUT2D eigenvalue weighted by atomic mass is 9.99. The fourth-order valence-corrected chi connectivity index (χ4v) is 4.86. The van der Waals surface area contributed by atoms with Crippen molar-refractivity contribution in [3.63, 3.8) is 0 Å². The van der Waals surface area contributed by atoms with E-state index in [9.17, 15) is 34.8 Å². The van der Waals surface area contributed by atoms with Crippen LogP contribution in [0.4, 0.5) is 4.79 Å². The Morgan fingerprint density at radius 2 is 1.67 bits per heavy atom. The van der Waals surface area contributed by atoms with Crippen molar-refractivity contribution < 1.29 is 58.6 Å². The van der Waals surface area contributed by atoms with Crippen molar-refractivity contribution >= 4 is 31.3 Å². The van der Waals surface area contributed by atoms with Crippen molar-refractivity contribution in [1.29, 1.82) is 0 Å². The molecule has 5 atom stereocenters. The molecule has 1 aliphatic rings. The molecule has 290 valence electrons. The monoisotopic (exact) mass is 732 g/mol. The molecule has 1 fully saturated rings. The summed E-state index contributed by atoms with van der Waals surface area (Å²) in [5.74, 6) is -2.82. The highest BCUT2D eigenvalue weighted by atomic mass is 16.7. The van der Waals surface area contributed by atoms with Gasteiger partial charge in [0.2, 0.25) is 20.0 Å². The molecule has 14 nitrogen and oxygen atoms in total. The molecule has 0 bridgehead atoms. The molecule has 52 heavy (non-hydrogen) atoms. The van der Waals surface area contributed by atoms with Gasteiger partial charge in [-0.1, -0.05) is 34.5 Å². The van der Waals surface area contributed by atoms with E-state index in [4.69, 9.17) is 23.8 Å². The van der Waals surface area contributed by atoms with Gasteiger partial charge in [-0.05, 0) is 105 Å². The third kappa shape index (κ3) is 15.1. The Balaban J connectivity index is 2.01. The van der Waals surface area contributed by atoms with Gasteiger partial charge in [0.15, 0.2) is 11.7 Å². The molecule has 1 amide bonds. The lowest BCUT2D eigenvalue weighted by molar-refractivity contribution is -0.271. The minimum absolute atomic E-state index is 0.0381. The molecular formula is C37H57BN2O12. The quantitative estimate of drug-likeness (QED) is 0.0563. The van der Waals surface area contributed by atoms with E-state index in [0.29, 0.717) is 12.0 Å². The molecule has 1 aliphatic heterocycles. The highest BCUT2D eigenvalue weighted by Crippen LogP contribution is 2.28. The van der Waals surface area contributed by atoms with Crippen LogP contribution in [0, 0.1) is 0 Å². The Hall–Kier alpha value is -3.76. The number of aliphatic carboxylic acids is 1. The number of rotatable bonds is 20. The zero-order valence-corrected chi connectivity index (χ0v) is 31.9. The van der Waals surface area contributed by atoms with Crippen molar-refractivity contribution in [3.05, 3.63) is 52.6 Å². The molecule has 1 heterocycles. The van der Waals surface area contributed by atoms with Gasteiger partial charge in [0.25, 0.3) is 5.91 Å². The molecule has 0 spiro atoms. The molecule has 15 heteroatoms. The van der Waals surface area contributed by atoms with E-state index < -0.39 is 59.7 Å². The van der Waals surface area contributed by atoms with Crippen LogP contribution in [-0.4, -0.2) is 107 Å². The molecule has 1 saturated heterocycles. The predicted molar refractivity (Wildman–Crippen MR) is 197 cm³/mol. The van der Waals surface area contributed by atoms with Crippen LogP contribution in [0.3, 0.4) is 0 Å². The summed E-state index contributed by atoms with van der Waals surface area (Å²) < 4.78 is 22.1. The molecule has 5 N–H and O–H groups in total. The SMILES string of the molecule is BC(=O)OCc1ccc(O[C@@H]2O[C@H](C(=O)O)[C@@H](O)[C@H](O)[C@H]2O)c(C(=O)NCCC(C)(C)OCC(C)(C)O/N=C(\C)CC/C(C)=C/CC/C(C)=C/C)c1. The van der Waals surface area contributed by atoms with Gasteiger partial charge in [0.05, 0.1) is 23.5 Å². The summed E-state index contributed by atoms with van der Waals surface area (Å²) >= 11 is 0. The average molecular weight is 733 g/mol. The Labute approximate surface area is 307 Å². The molecule has 0 saturated carbocycles. The number of ether oxygens (including phenoxy) is 4. The van der Waals surface area contributed by atoms with E-state index in [1.54, 1.807) is 0 Å². The molecule has 2 rings (SSSR count). The Morgan fingerprint density at radius 3 is 2.31 bits per heavy atom. The topological polar surface area (TPSA) is 203 Å². The van der Waals surface area contributed by atoms with Gasteiger partial charge in [-0.15, -0.1) is 0 Å². The maximum Gasteiger partial charge on any atom is 0.335 e. The zero-order valence-electron chi connectivity index (χ0n) is 31.9. The van der Waals surface area contributed by atoms with Crippen LogP contribution in [0.1, 0.15) is 103 Å². The first kappa shape index (κ1) is 44.4. The van der Waals surface area contributed by atoms with E-state index >= 15 is 0 Å². The first-order valence-electron chi connectivity index (χ1n) is 17.5. The summed E-state index contributed by atoms with van der Waals surface area (Å²) in [5.41, 5.74) is 2.59. The number of benzene rings is 1. The fourth-order valence-electron chi connectivity index (χ4n) is 4.86. The molecular weight excluding hydrogens is 675 g/mol. The number of oxime groups is 1. The van der Waals surface area contributed by atoms with Crippen LogP contribution < -0.4 is 10.1 Å². The summed E-state index contributed by atoms with van der Waals surface area (Å²) in [4.78, 5) is 42.2. The number of carboxylic acids is 1. The van der Waals surface area contributed by atoms with E-state index in [0.717, 1.165) is 31.4 Å². The van der Waals surface area contributed by atoms with Gasteiger partial charge in [-0.25, -0.2) is 4.79 Å². The van der Waals surface area contributed by atoms with Crippen LogP contribution in [0.2, 0.25) is 0 Å². The van der Waals surface area contributed by atoms with Crippen molar-refractivity contribution in [3.8, 4) is 5.75 Å². The zero-order chi connectivity index (χ0) is 39.2. The fraction of sp³-hybridized carbons (Fsp3) is 0.622. The molecule has 0 radical (unpaired) electrons. The van der Waals surface area contributed by atoms with Crippen molar-refractivity contribution in [2.24, 2.45) is 5.16 Å². The minimum atomic E-state index is -1.91. The number of carboxylic acid groups (broad SMARTS) is 1. The largest absolute Gasteiger partial charge is 0.479 e. The molecule has 0 aliphatic carbocycles.